The smallest absolute Gasteiger partial charge is 0.339 e. The number of nitrogens with zero attached hydrogens (tertiary/aromatic N) is 1. The fraction of sp³-hybridized carbons (Fsp3) is 0.0667. The number of anilines is 1. The molecule has 4 aromatic carbocycles. The number of imide groups is 1. The van der Waals surface area contributed by atoms with Gasteiger partial charge in [-0.2, -0.15) is 0 Å². The molecule has 2 amide bonds. The van der Waals surface area contributed by atoms with Gasteiger partial charge in [0.05, 0.1) is 29.5 Å². The molecular weight excluding hydrogens is 470 g/mol. The number of carbonyl (C=O) groups excluding carboxylic acids is 4. The molecule has 0 spiro atoms. The van der Waals surface area contributed by atoms with Gasteiger partial charge in [0, 0.05) is 11.1 Å². The van der Waals surface area contributed by atoms with Crippen LogP contribution in [0.2, 0.25) is 0 Å². The Bertz CT molecular complexity index is 1480. The van der Waals surface area contributed by atoms with Gasteiger partial charge in [-0.1, -0.05) is 48.5 Å². The summed E-state index contributed by atoms with van der Waals surface area (Å²) in [6.07, 6.45) is -1.20. The highest BCUT2D eigenvalue weighted by Gasteiger charge is 2.36. The van der Waals surface area contributed by atoms with Crippen LogP contribution < -0.4 is 9.64 Å². The highest BCUT2D eigenvalue weighted by molar-refractivity contribution is 6.34. The number of rotatable bonds is 7. The van der Waals surface area contributed by atoms with Crippen LogP contribution in [0.4, 0.5) is 5.69 Å². The molecule has 5 rings (SSSR count). The standard InChI is InChI=1S/C30H21NO6/c1-36-23-16-14-19(15-17-23)26(32)27(20-8-3-2-4-9-20)37-30(35)21-10-7-11-22(18-21)31-28(33)24-12-5-6-13-25(24)29(31)34/h2-18,27H,1H3. The van der Waals surface area contributed by atoms with Crippen molar-refractivity contribution >= 4 is 29.3 Å². The zero-order valence-corrected chi connectivity index (χ0v) is 19.8. The summed E-state index contributed by atoms with van der Waals surface area (Å²) in [5.74, 6) is -1.52. The van der Waals surface area contributed by atoms with Gasteiger partial charge >= 0.3 is 5.97 Å². The molecule has 4 aromatic rings. The Labute approximate surface area is 212 Å². The molecule has 0 radical (unpaired) electrons. The Morgan fingerprint density at radius 1 is 0.703 bits per heavy atom. The maximum Gasteiger partial charge on any atom is 0.339 e. The predicted octanol–water partition coefficient (Wildman–Crippen LogP) is 5.28. The van der Waals surface area contributed by atoms with E-state index in [-0.39, 0.29) is 11.3 Å². The molecule has 0 fully saturated rings. The first-order valence-corrected chi connectivity index (χ1v) is 11.5. The number of hydrogen-bond acceptors (Lipinski definition) is 6. The van der Waals surface area contributed by atoms with E-state index >= 15 is 0 Å². The summed E-state index contributed by atoms with van der Waals surface area (Å²) in [7, 11) is 1.53. The fourth-order valence-corrected chi connectivity index (χ4v) is 4.18. The van der Waals surface area contributed by atoms with Crippen LogP contribution in [0.15, 0.2) is 103 Å². The first kappa shape index (κ1) is 23.7. The summed E-state index contributed by atoms with van der Waals surface area (Å²) >= 11 is 0. The fourth-order valence-electron chi connectivity index (χ4n) is 4.18. The molecular formula is C30H21NO6. The molecule has 1 aliphatic rings. The van der Waals surface area contributed by atoms with E-state index in [9.17, 15) is 19.2 Å². The van der Waals surface area contributed by atoms with Gasteiger partial charge < -0.3 is 9.47 Å². The first-order valence-electron chi connectivity index (χ1n) is 11.5. The highest BCUT2D eigenvalue weighted by atomic mass is 16.5. The van der Waals surface area contributed by atoms with E-state index < -0.39 is 29.7 Å². The van der Waals surface area contributed by atoms with Gasteiger partial charge in [-0.3, -0.25) is 14.4 Å². The molecule has 1 aliphatic heterocycles. The topological polar surface area (TPSA) is 90.0 Å². The summed E-state index contributed by atoms with van der Waals surface area (Å²) in [6, 6.07) is 27.8. The molecule has 0 saturated carbocycles. The summed E-state index contributed by atoms with van der Waals surface area (Å²) < 4.78 is 10.9. The van der Waals surface area contributed by atoms with Gasteiger partial charge in [-0.15, -0.1) is 0 Å². The van der Waals surface area contributed by atoms with Crippen LogP contribution in [-0.2, 0) is 4.74 Å². The highest BCUT2D eigenvalue weighted by Crippen LogP contribution is 2.30. The van der Waals surface area contributed by atoms with Crippen molar-refractivity contribution in [1.82, 2.24) is 0 Å². The predicted molar refractivity (Wildman–Crippen MR) is 136 cm³/mol. The molecule has 0 N–H and O–H groups in total. The minimum absolute atomic E-state index is 0.0949. The second kappa shape index (κ2) is 9.91. The molecule has 7 nitrogen and oxygen atoms in total. The van der Waals surface area contributed by atoms with Crippen LogP contribution >= 0.6 is 0 Å². The monoisotopic (exact) mass is 491 g/mol. The van der Waals surface area contributed by atoms with E-state index in [1.165, 1.54) is 19.2 Å². The normalized spacial score (nSPS) is 13.2. The third kappa shape index (κ3) is 4.50. The second-order valence-electron chi connectivity index (χ2n) is 8.33. The van der Waals surface area contributed by atoms with Crippen molar-refractivity contribution < 1.29 is 28.7 Å². The maximum absolute atomic E-state index is 13.4. The van der Waals surface area contributed by atoms with Crippen LogP contribution in [0, 0.1) is 0 Å². The minimum atomic E-state index is -1.20. The number of Topliss-reactive ketones (excluding diaryl/α,β-unsaturated/α-hetero) is 1. The molecule has 0 bridgehead atoms. The van der Waals surface area contributed by atoms with Crippen molar-refractivity contribution in [2.45, 2.75) is 6.10 Å². The summed E-state index contributed by atoms with van der Waals surface area (Å²) in [5.41, 5.74) is 1.79. The molecule has 0 aliphatic carbocycles. The van der Waals surface area contributed by atoms with Crippen molar-refractivity contribution in [2.75, 3.05) is 12.0 Å². The van der Waals surface area contributed by atoms with E-state index in [4.69, 9.17) is 9.47 Å². The Morgan fingerprint density at radius 3 is 1.95 bits per heavy atom. The summed E-state index contributed by atoms with van der Waals surface area (Å²) in [5, 5.41) is 0. The number of ether oxygens (including phenoxy) is 2. The number of methoxy groups -OCH3 is 1. The summed E-state index contributed by atoms with van der Waals surface area (Å²) in [4.78, 5) is 53.4. The number of ketones is 1. The van der Waals surface area contributed by atoms with Gasteiger partial charge in [-0.25, -0.2) is 9.69 Å². The van der Waals surface area contributed by atoms with Gasteiger partial charge in [0.2, 0.25) is 5.78 Å². The van der Waals surface area contributed by atoms with Gasteiger partial charge in [0.15, 0.2) is 6.10 Å². The lowest BCUT2D eigenvalue weighted by Crippen LogP contribution is -2.29. The molecule has 1 unspecified atom stereocenters. The average molecular weight is 491 g/mol. The van der Waals surface area contributed by atoms with E-state index in [0.717, 1.165) is 4.90 Å². The quantitative estimate of drug-likeness (QED) is 0.199. The van der Waals surface area contributed by atoms with E-state index in [1.54, 1.807) is 91.0 Å². The van der Waals surface area contributed by atoms with E-state index in [0.29, 0.717) is 28.0 Å². The Morgan fingerprint density at radius 2 is 1.32 bits per heavy atom. The van der Waals surface area contributed by atoms with Crippen molar-refractivity contribution in [2.24, 2.45) is 0 Å². The molecule has 0 aromatic heterocycles. The lowest BCUT2D eigenvalue weighted by molar-refractivity contribution is 0.0280. The second-order valence-corrected chi connectivity index (χ2v) is 8.33. The number of amides is 2. The van der Waals surface area contributed by atoms with Crippen LogP contribution in [0.25, 0.3) is 0 Å². The molecule has 1 atom stereocenters. The van der Waals surface area contributed by atoms with Crippen LogP contribution in [0.5, 0.6) is 5.75 Å². The number of esters is 1. The zero-order valence-electron chi connectivity index (χ0n) is 19.8. The lowest BCUT2D eigenvalue weighted by atomic mass is 9.99. The Kier molecular flexibility index (Phi) is 6.34. The molecule has 1 heterocycles. The van der Waals surface area contributed by atoms with E-state index in [1.807, 2.05) is 0 Å². The first-order chi connectivity index (χ1) is 18.0. The third-order valence-electron chi connectivity index (χ3n) is 6.07. The van der Waals surface area contributed by atoms with Crippen molar-refractivity contribution in [3.8, 4) is 5.75 Å². The minimum Gasteiger partial charge on any atom is -0.497 e. The van der Waals surface area contributed by atoms with Crippen molar-refractivity contribution in [3.05, 3.63) is 131 Å². The largest absolute Gasteiger partial charge is 0.497 e. The molecule has 0 saturated heterocycles. The van der Waals surface area contributed by atoms with Crippen molar-refractivity contribution in [3.63, 3.8) is 0 Å². The summed E-state index contributed by atoms with van der Waals surface area (Å²) in [6.45, 7) is 0. The number of benzene rings is 4. The average Bonchev–Trinajstić information content (AvgIpc) is 3.21. The van der Waals surface area contributed by atoms with Gasteiger partial charge in [-0.05, 0) is 54.6 Å². The van der Waals surface area contributed by atoms with Crippen LogP contribution in [0.1, 0.15) is 53.1 Å². The Hall–Kier alpha value is -5.04. The SMILES string of the molecule is COc1ccc(C(=O)C(OC(=O)c2cccc(N3C(=O)c4ccccc4C3=O)c2)c2ccccc2)cc1. The third-order valence-corrected chi connectivity index (χ3v) is 6.07. The number of hydrogen-bond donors (Lipinski definition) is 0. The molecule has 182 valence electrons. The maximum atomic E-state index is 13.4. The van der Waals surface area contributed by atoms with Gasteiger partial charge in [0.1, 0.15) is 5.75 Å². The van der Waals surface area contributed by atoms with Gasteiger partial charge in [0.25, 0.3) is 11.8 Å². The zero-order chi connectivity index (χ0) is 25.9. The van der Waals surface area contributed by atoms with E-state index in [2.05, 4.69) is 0 Å². The molecule has 37 heavy (non-hydrogen) atoms. The van der Waals surface area contributed by atoms with Crippen LogP contribution in [-0.4, -0.2) is 30.7 Å². The number of fused-ring (bicyclic) bond motifs is 1. The molecule has 7 heteroatoms. The lowest BCUT2D eigenvalue weighted by Gasteiger charge is -2.19. The van der Waals surface area contributed by atoms with Crippen LogP contribution in [0.3, 0.4) is 0 Å². The van der Waals surface area contributed by atoms with Crippen molar-refractivity contribution in [1.29, 1.82) is 0 Å². The Balaban J connectivity index is 1.43. The number of carbonyl (C=O) groups is 4.